The maximum Gasteiger partial charge on any atom is 0.333 e. The first-order valence-electron chi connectivity index (χ1n) is 8.90. The van der Waals surface area contributed by atoms with Crippen LogP contribution >= 0.6 is 0 Å². The highest BCUT2D eigenvalue weighted by Gasteiger charge is 2.74. The van der Waals surface area contributed by atoms with Gasteiger partial charge in [-0.15, -0.1) is 0 Å². The summed E-state index contributed by atoms with van der Waals surface area (Å²) in [5.41, 5.74) is 3.03. The summed E-state index contributed by atoms with van der Waals surface area (Å²) in [7, 11) is 0. The molecule has 4 heteroatoms. The monoisotopic (exact) mass is 330 g/mol. The van der Waals surface area contributed by atoms with Crippen molar-refractivity contribution in [1.82, 2.24) is 0 Å². The van der Waals surface area contributed by atoms with E-state index in [0.717, 1.165) is 25.0 Å². The van der Waals surface area contributed by atoms with E-state index in [1.165, 1.54) is 11.1 Å². The highest BCUT2D eigenvalue weighted by Crippen LogP contribution is 2.65. The summed E-state index contributed by atoms with van der Waals surface area (Å²) in [5.74, 6) is 1.12. The number of fused-ring (bicyclic) bond motifs is 1. The molecule has 2 aliphatic carbocycles. The van der Waals surface area contributed by atoms with Crippen molar-refractivity contribution in [3.63, 3.8) is 0 Å². The number of carbonyl (C=O) groups excluding carboxylic acids is 1. The Morgan fingerprint density at radius 1 is 1.42 bits per heavy atom. The van der Waals surface area contributed by atoms with E-state index in [1.54, 1.807) is 13.0 Å². The summed E-state index contributed by atoms with van der Waals surface area (Å²) < 4.78 is 17.9. The molecule has 3 aliphatic rings. The van der Waals surface area contributed by atoms with Crippen molar-refractivity contribution >= 4 is 5.97 Å². The van der Waals surface area contributed by atoms with Crippen molar-refractivity contribution in [2.75, 3.05) is 0 Å². The number of hydrogen-bond donors (Lipinski definition) is 0. The molecule has 0 N–H and O–H groups in total. The molecule has 4 nitrogen and oxygen atoms in total. The molecule has 4 rings (SSSR count). The molecule has 2 fully saturated rings. The lowest BCUT2D eigenvalue weighted by molar-refractivity contribution is -0.153. The molecule has 1 saturated heterocycles. The van der Waals surface area contributed by atoms with Crippen LogP contribution in [0, 0.1) is 18.3 Å². The number of furan rings is 1. The molecule has 0 bridgehead atoms. The fourth-order valence-electron chi connectivity index (χ4n) is 4.85. The van der Waals surface area contributed by atoms with E-state index in [-0.39, 0.29) is 35.1 Å². The molecule has 2 heterocycles. The molecule has 5 atom stereocenters. The number of carbonyl (C=O) groups is 1. The van der Waals surface area contributed by atoms with Crippen molar-refractivity contribution < 1.29 is 18.7 Å². The largest absolute Gasteiger partial charge is 0.469 e. The number of epoxide rings is 1. The van der Waals surface area contributed by atoms with Gasteiger partial charge in [0.05, 0.1) is 12.4 Å². The molecule has 130 valence electrons. The fraction of sp³-hybridized carbons (Fsp3) is 0.650. The van der Waals surface area contributed by atoms with Gasteiger partial charge in [-0.3, -0.25) is 0 Å². The van der Waals surface area contributed by atoms with E-state index < -0.39 is 0 Å². The number of allylic oxidation sites excluding steroid dienone is 1. The Balaban J connectivity index is 1.64. The van der Waals surface area contributed by atoms with Crippen LogP contribution in [0.15, 0.2) is 22.3 Å². The third-order valence-electron chi connectivity index (χ3n) is 6.96. The van der Waals surface area contributed by atoms with Gasteiger partial charge in [0.15, 0.2) is 0 Å². The van der Waals surface area contributed by atoms with Crippen molar-refractivity contribution in [2.45, 2.75) is 71.7 Å². The topological polar surface area (TPSA) is 52.0 Å². The average molecular weight is 330 g/mol. The third kappa shape index (κ3) is 1.92. The quantitative estimate of drug-likeness (QED) is 0.471. The maximum absolute atomic E-state index is 12.2. The zero-order valence-corrected chi connectivity index (χ0v) is 15.1. The van der Waals surface area contributed by atoms with Gasteiger partial charge in [0.2, 0.25) is 0 Å². The van der Waals surface area contributed by atoms with E-state index in [1.807, 2.05) is 13.2 Å². The zero-order valence-electron chi connectivity index (χ0n) is 15.1. The van der Waals surface area contributed by atoms with Gasteiger partial charge in [-0.2, -0.15) is 0 Å². The lowest BCUT2D eigenvalue weighted by Crippen LogP contribution is -2.56. The molecule has 1 aromatic rings. The normalized spacial score (nSPS) is 40.4. The second kappa shape index (κ2) is 4.98. The van der Waals surface area contributed by atoms with Gasteiger partial charge in [0.1, 0.15) is 17.5 Å². The summed E-state index contributed by atoms with van der Waals surface area (Å²) in [6.07, 6.45) is 6.30. The molecule has 0 amide bonds. The van der Waals surface area contributed by atoms with Crippen LogP contribution in [0.3, 0.4) is 0 Å². The lowest BCUT2D eigenvalue weighted by atomic mass is 9.54. The number of rotatable bonds is 2. The van der Waals surface area contributed by atoms with Crippen molar-refractivity contribution in [3.8, 4) is 0 Å². The van der Waals surface area contributed by atoms with Crippen LogP contribution in [0.25, 0.3) is 0 Å². The summed E-state index contributed by atoms with van der Waals surface area (Å²) >= 11 is 0. The Labute approximate surface area is 143 Å². The number of hydrogen-bond acceptors (Lipinski definition) is 4. The first kappa shape index (κ1) is 15.9. The van der Waals surface area contributed by atoms with Gasteiger partial charge in [-0.1, -0.05) is 19.9 Å². The molecule has 1 aliphatic heterocycles. The second-order valence-corrected chi connectivity index (χ2v) is 8.03. The van der Waals surface area contributed by atoms with E-state index >= 15 is 0 Å². The minimum Gasteiger partial charge on any atom is -0.469 e. The minimum atomic E-state index is -0.206. The zero-order chi connectivity index (χ0) is 17.3. The predicted octanol–water partition coefficient (Wildman–Crippen LogP) is 3.75. The van der Waals surface area contributed by atoms with Gasteiger partial charge < -0.3 is 13.9 Å². The predicted molar refractivity (Wildman–Crippen MR) is 89.7 cm³/mol. The van der Waals surface area contributed by atoms with E-state index in [4.69, 9.17) is 13.9 Å². The highest BCUT2D eigenvalue weighted by molar-refractivity contribution is 5.87. The van der Waals surface area contributed by atoms with Crippen molar-refractivity contribution in [2.24, 2.45) is 11.3 Å². The number of aryl methyl sites for hydroxylation is 1. The van der Waals surface area contributed by atoms with E-state index in [2.05, 4.69) is 20.8 Å². The summed E-state index contributed by atoms with van der Waals surface area (Å²) in [6.45, 7) is 10.3. The van der Waals surface area contributed by atoms with Crippen molar-refractivity contribution in [1.29, 1.82) is 0 Å². The smallest absolute Gasteiger partial charge is 0.333 e. The number of esters is 1. The first-order valence-corrected chi connectivity index (χ1v) is 8.90. The Bertz CT molecular complexity index is 730. The van der Waals surface area contributed by atoms with Crippen LogP contribution in [-0.4, -0.2) is 23.8 Å². The Kier molecular flexibility index (Phi) is 3.31. The van der Waals surface area contributed by atoms with Gasteiger partial charge in [0, 0.05) is 29.7 Å². The van der Waals surface area contributed by atoms with Crippen LogP contribution < -0.4 is 0 Å². The molecule has 24 heavy (non-hydrogen) atoms. The fourth-order valence-corrected chi connectivity index (χ4v) is 4.85. The SMILES string of the molecule is C/C=C(/C)C(=O)O[C@H]1C[C@H]2O[C@]23Cc2occ(C)c2C[C@]3(C)[C@H]1C. The summed E-state index contributed by atoms with van der Waals surface area (Å²) in [4.78, 5) is 12.2. The molecule has 0 unspecified atom stereocenters. The third-order valence-corrected chi connectivity index (χ3v) is 6.96. The van der Waals surface area contributed by atoms with Gasteiger partial charge in [-0.25, -0.2) is 4.79 Å². The van der Waals surface area contributed by atoms with Gasteiger partial charge in [-0.05, 0) is 38.3 Å². The van der Waals surface area contributed by atoms with Crippen molar-refractivity contribution in [3.05, 3.63) is 34.8 Å². The van der Waals surface area contributed by atoms with Crippen LogP contribution in [0.5, 0.6) is 0 Å². The molecule has 1 saturated carbocycles. The Morgan fingerprint density at radius 3 is 2.88 bits per heavy atom. The van der Waals surface area contributed by atoms with E-state index in [0.29, 0.717) is 5.57 Å². The van der Waals surface area contributed by atoms with Crippen LogP contribution in [0.2, 0.25) is 0 Å². The molecule has 1 aromatic heterocycles. The summed E-state index contributed by atoms with van der Waals surface area (Å²) in [5, 5.41) is 0. The van der Waals surface area contributed by atoms with Gasteiger partial charge in [0.25, 0.3) is 0 Å². The first-order chi connectivity index (χ1) is 11.3. The van der Waals surface area contributed by atoms with Gasteiger partial charge >= 0.3 is 5.97 Å². The molecule has 1 spiro atoms. The Hall–Kier alpha value is -1.55. The van der Waals surface area contributed by atoms with Crippen LogP contribution in [0.4, 0.5) is 0 Å². The average Bonchev–Trinajstić information content (AvgIpc) is 3.16. The Morgan fingerprint density at radius 2 is 2.17 bits per heavy atom. The maximum atomic E-state index is 12.2. The second-order valence-electron chi connectivity index (χ2n) is 8.03. The molecule has 0 radical (unpaired) electrons. The molecule has 0 aromatic carbocycles. The van der Waals surface area contributed by atoms with Crippen LogP contribution in [-0.2, 0) is 27.1 Å². The van der Waals surface area contributed by atoms with Crippen LogP contribution in [0.1, 0.15) is 51.0 Å². The molecular formula is C20H26O4. The summed E-state index contributed by atoms with van der Waals surface area (Å²) in [6, 6.07) is 0. The van der Waals surface area contributed by atoms with E-state index in [9.17, 15) is 4.79 Å². The lowest BCUT2D eigenvalue weighted by Gasteiger charge is -2.49. The molecular weight excluding hydrogens is 304 g/mol. The standard InChI is InChI=1S/C20H26O4/c1-6-11(2)18(21)23-15-7-17-20(24-17)9-16-14(12(3)10-22-16)8-19(20,5)13(15)4/h6,10,13,15,17H,7-9H2,1-5H3/b11-6-/t13-,15-,17+,19+,20+/m0/s1. The minimum absolute atomic E-state index is 0.0354. The highest BCUT2D eigenvalue weighted by atomic mass is 16.6. The number of ether oxygens (including phenoxy) is 2.